The Labute approximate surface area is 118 Å². The molecule has 1 aromatic carbocycles. The van der Waals surface area contributed by atoms with Gasteiger partial charge in [0.1, 0.15) is 0 Å². The van der Waals surface area contributed by atoms with Gasteiger partial charge in [0.25, 0.3) is 0 Å². The lowest BCUT2D eigenvalue weighted by atomic mass is 10.2. The summed E-state index contributed by atoms with van der Waals surface area (Å²) in [5.74, 6) is 0. The first-order valence-corrected chi connectivity index (χ1v) is 7.65. The van der Waals surface area contributed by atoms with Crippen molar-refractivity contribution in [2.24, 2.45) is 0 Å². The van der Waals surface area contributed by atoms with Gasteiger partial charge < -0.3 is 10.2 Å². The molecule has 5 nitrogen and oxygen atoms in total. The van der Waals surface area contributed by atoms with Crippen molar-refractivity contribution in [3.63, 3.8) is 0 Å². The highest BCUT2D eigenvalue weighted by molar-refractivity contribution is 7.89. The van der Waals surface area contributed by atoms with E-state index in [1.54, 1.807) is 19.9 Å². The number of hydrogen-bond acceptors (Lipinski definition) is 4. The van der Waals surface area contributed by atoms with Crippen molar-refractivity contribution in [1.29, 1.82) is 0 Å². The molecule has 0 saturated heterocycles. The van der Waals surface area contributed by atoms with E-state index in [0.717, 1.165) is 4.31 Å². The van der Waals surface area contributed by atoms with Crippen LogP contribution in [-0.4, -0.2) is 49.2 Å². The number of rotatable bonds is 6. The molecule has 108 valence electrons. The van der Waals surface area contributed by atoms with Gasteiger partial charge in [-0.15, -0.1) is 0 Å². The van der Waals surface area contributed by atoms with Gasteiger partial charge in [0.2, 0.25) is 10.0 Å². The highest BCUT2D eigenvalue weighted by Gasteiger charge is 2.25. The summed E-state index contributed by atoms with van der Waals surface area (Å²) < 4.78 is 26.0. The summed E-state index contributed by atoms with van der Waals surface area (Å²) in [5, 5.41) is 18.4. The van der Waals surface area contributed by atoms with Crippen molar-refractivity contribution < 1.29 is 18.6 Å². The van der Waals surface area contributed by atoms with E-state index in [-0.39, 0.29) is 31.2 Å². The lowest BCUT2D eigenvalue weighted by Gasteiger charge is -2.21. The van der Waals surface area contributed by atoms with Crippen molar-refractivity contribution in [3.8, 4) is 0 Å². The fourth-order valence-corrected chi connectivity index (χ4v) is 3.68. The molecule has 0 heterocycles. The first-order valence-electron chi connectivity index (χ1n) is 5.83. The average Bonchev–Trinajstić information content (AvgIpc) is 2.33. The number of sulfonamides is 1. The predicted molar refractivity (Wildman–Crippen MR) is 73.9 cm³/mol. The van der Waals surface area contributed by atoms with Crippen LogP contribution in [0.15, 0.2) is 17.0 Å². The van der Waals surface area contributed by atoms with Crippen LogP contribution < -0.4 is 0 Å². The zero-order valence-corrected chi connectivity index (χ0v) is 12.5. The monoisotopic (exact) mass is 307 g/mol. The van der Waals surface area contributed by atoms with Crippen LogP contribution in [0.1, 0.15) is 11.1 Å². The quantitative estimate of drug-likeness (QED) is 0.819. The second kappa shape index (κ2) is 6.67. The van der Waals surface area contributed by atoms with E-state index in [0.29, 0.717) is 16.1 Å². The summed E-state index contributed by atoms with van der Waals surface area (Å²) >= 11 is 5.95. The van der Waals surface area contributed by atoms with E-state index in [2.05, 4.69) is 0 Å². The number of halogens is 1. The van der Waals surface area contributed by atoms with Crippen molar-refractivity contribution in [2.45, 2.75) is 18.7 Å². The molecule has 1 aromatic rings. The first-order chi connectivity index (χ1) is 8.84. The summed E-state index contributed by atoms with van der Waals surface area (Å²) in [4.78, 5) is 0.149. The number of nitrogens with zero attached hydrogens (tertiary/aromatic N) is 1. The van der Waals surface area contributed by atoms with Crippen LogP contribution >= 0.6 is 11.6 Å². The van der Waals surface area contributed by atoms with Gasteiger partial charge in [0, 0.05) is 18.1 Å². The molecule has 0 bridgehead atoms. The molecule has 2 N–H and O–H groups in total. The van der Waals surface area contributed by atoms with Gasteiger partial charge in [-0.1, -0.05) is 11.6 Å². The third-order valence-electron chi connectivity index (χ3n) is 2.77. The maximum absolute atomic E-state index is 12.5. The van der Waals surface area contributed by atoms with Crippen molar-refractivity contribution in [3.05, 3.63) is 28.3 Å². The zero-order chi connectivity index (χ0) is 14.6. The van der Waals surface area contributed by atoms with Crippen LogP contribution in [0.4, 0.5) is 0 Å². The Balaban J connectivity index is 3.28. The standard InChI is InChI=1S/C12H18ClNO4S/c1-9-8-12(10(2)7-11(9)13)19(17,18)14(3-5-15)4-6-16/h7-8,15-16H,3-6H2,1-2H3. The Kier molecular flexibility index (Phi) is 5.76. The summed E-state index contributed by atoms with van der Waals surface area (Å²) in [6.45, 7) is 2.68. The fourth-order valence-electron chi connectivity index (χ4n) is 1.75. The molecule has 0 aliphatic heterocycles. The Bertz CT molecular complexity index is 539. The van der Waals surface area contributed by atoms with Gasteiger partial charge in [-0.25, -0.2) is 8.42 Å². The van der Waals surface area contributed by atoms with Crippen LogP contribution in [0.3, 0.4) is 0 Å². The largest absolute Gasteiger partial charge is 0.395 e. The topological polar surface area (TPSA) is 77.8 Å². The number of benzene rings is 1. The molecule has 0 unspecified atom stereocenters. The first kappa shape index (κ1) is 16.4. The molecule has 0 spiro atoms. The fraction of sp³-hybridized carbons (Fsp3) is 0.500. The van der Waals surface area contributed by atoms with Crippen molar-refractivity contribution >= 4 is 21.6 Å². The SMILES string of the molecule is Cc1cc(S(=O)(=O)N(CCO)CCO)c(C)cc1Cl. The van der Waals surface area contributed by atoms with E-state index < -0.39 is 10.0 Å². The molecular formula is C12H18ClNO4S. The molecule has 19 heavy (non-hydrogen) atoms. The second-order valence-corrected chi connectivity index (χ2v) is 6.53. The van der Waals surface area contributed by atoms with E-state index >= 15 is 0 Å². The van der Waals surface area contributed by atoms with Crippen LogP contribution in [0.25, 0.3) is 0 Å². The zero-order valence-electron chi connectivity index (χ0n) is 10.9. The van der Waals surface area contributed by atoms with Crippen LogP contribution in [0.2, 0.25) is 5.02 Å². The molecule has 0 aliphatic carbocycles. The molecule has 0 fully saturated rings. The Morgan fingerprint density at radius 1 is 1.11 bits per heavy atom. The molecule has 0 amide bonds. The Hall–Kier alpha value is -0.660. The van der Waals surface area contributed by atoms with Crippen LogP contribution in [-0.2, 0) is 10.0 Å². The minimum absolute atomic E-state index is 0.0516. The summed E-state index contributed by atoms with van der Waals surface area (Å²) in [6, 6.07) is 3.11. The van der Waals surface area contributed by atoms with Gasteiger partial charge in [0.05, 0.1) is 18.1 Å². The third kappa shape index (κ3) is 3.67. The summed E-state index contributed by atoms with van der Waals surface area (Å²) in [7, 11) is -3.74. The molecule has 0 aliphatic rings. The van der Waals surface area contributed by atoms with E-state index in [1.807, 2.05) is 0 Å². The van der Waals surface area contributed by atoms with E-state index in [4.69, 9.17) is 21.8 Å². The van der Waals surface area contributed by atoms with Crippen molar-refractivity contribution in [1.82, 2.24) is 4.31 Å². The molecule has 0 saturated carbocycles. The Morgan fingerprint density at radius 2 is 1.63 bits per heavy atom. The number of aliphatic hydroxyl groups is 2. The van der Waals surface area contributed by atoms with Gasteiger partial charge in [-0.2, -0.15) is 4.31 Å². The lowest BCUT2D eigenvalue weighted by Crippen LogP contribution is -2.36. The smallest absolute Gasteiger partial charge is 0.243 e. The van der Waals surface area contributed by atoms with E-state index in [1.165, 1.54) is 6.07 Å². The predicted octanol–water partition coefficient (Wildman–Crippen LogP) is 0.932. The molecule has 0 radical (unpaired) electrons. The minimum Gasteiger partial charge on any atom is -0.395 e. The molecule has 7 heteroatoms. The average molecular weight is 308 g/mol. The van der Waals surface area contributed by atoms with E-state index in [9.17, 15) is 8.42 Å². The summed E-state index contributed by atoms with van der Waals surface area (Å²) in [6.07, 6.45) is 0. The number of hydrogen-bond donors (Lipinski definition) is 2. The van der Waals surface area contributed by atoms with Gasteiger partial charge in [0.15, 0.2) is 0 Å². The molecule has 1 rings (SSSR count). The minimum atomic E-state index is -3.74. The second-order valence-electron chi connectivity index (χ2n) is 4.22. The maximum Gasteiger partial charge on any atom is 0.243 e. The van der Waals surface area contributed by atoms with Gasteiger partial charge >= 0.3 is 0 Å². The Morgan fingerprint density at radius 3 is 2.11 bits per heavy atom. The molecule has 0 atom stereocenters. The maximum atomic E-state index is 12.5. The highest BCUT2D eigenvalue weighted by atomic mass is 35.5. The number of aliphatic hydroxyl groups excluding tert-OH is 2. The number of aryl methyl sites for hydroxylation is 2. The van der Waals surface area contributed by atoms with Crippen LogP contribution in [0.5, 0.6) is 0 Å². The normalized spacial score (nSPS) is 12.1. The van der Waals surface area contributed by atoms with Crippen molar-refractivity contribution in [2.75, 3.05) is 26.3 Å². The summed E-state index contributed by atoms with van der Waals surface area (Å²) in [5.41, 5.74) is 1.20. The van der Waals surface area contributed by atoms with Gasteiger partial charge in [-0.05, 0) is 37.1 Å². The van der Waals surface area contributed by atoms with Crippen LogP contribution in [0, 0.1) is 13.8 Å². The highest BCUT2D eigenvalue weighted by Crippen LogP contribution is 2.26. The third-order valence-corrected chi connectivity index (χ3v) is 5.22. The molecule has 0 aromatic heterocycles. The molecular weight excluding hydrogens is 290 g/mol. The van der Waals surface area contributed by atoms with Gasteiger partial charge in [-0.3, -0.25) is 0 Å². The lowest BCUT2D eigenvalue weighted by molar-refractivity contribution is 0.217.